The van der Waals surface area contributed by atoms with Gasteiger partial charge in [0.25, 0.3) is 0 Å². The van der Waals surface area contributed by atoms with Gasteiger partial charge in [-0.05, 0) is 11.5 Å². The molecule has 0 aliphatic heterocycles. The average Bonchev–Trinajstić information content (AvgIpc) is 2.15. The molecule has 2 N–H and O–H groups in total. The Bertz CT molecular complexity index is 633. The van der Waals surface area contributed by atoms with E-state index in [9.17, 15) is 13.5 Å². The lowest BCUT2D eigenvalue weighted by Gasteiger charge is -2.05. The van der Waals surface area contributed by atoms with Gasteiger partial charge in [0.2, 0.25) is 0 Å². The minimum Gasteiger partial charge on any atom is -0.507 e. The summed E-state index contributed by atoms with van der Waals surface area (Å²) >= 11 is 0. The quantitative estimate of drug-likeness (QED) is 0.781. The number of phenolic OH excluding ortho intramolecular Hbond substituents is 1. The number of benzene rings is 2. The number of rotatable bonds is 2. The standard InChI is InChI=1S/C10H8O5S/c11-10-6-8(15-16(12,13)14)5-7-3-1-2-4-9(7)10/h1-6,11H,(H,12,13,14). The van der Waals surface area contributed by atoms with E-state index in [4.69, 9.17) is 4.55 Å². The summed E-state index contributed by atoms with van der Waals surface area (Å²) < 4.78 is 33.8. The van der Waals surface area contributed by atoms with Crippen molar-refractivity contribution in [2.45, 2.75) is 0 Å². The highest BCUT2D eigenvalue weighted by atomic mass is 32.3. The second kappa shape index (κ2) is 3.66. The van der Waals surface area contributed by atoms with Crippen molar-refractivity contribution in [3.8, 4) is 11.5 Å². The maximum absolute atomic E-state index is 10.5. The van der Waals surface area contributed by atoms with Crippen LogP contribution in [0.2, 0.25) is 0 Å². The zero-order valence-electron chi connectivity index (χ0n) is 7.99. The third-order valence-corrected chi connectivity index (χ3v) is 2.42. The number of hydrogen-bond donors (Lipinski definition) is 2. The van der Waals surface area contributed by atoms with Crippen molar-refractivity contribution in [2.75, 3.05) is 0 Å². The number of hydrogen-bond acceptors (Lipinski definition) is 4. The minimum atomic E-state index is -4.57. The van der Waals surface area contributed by atoms with Gasteiger partial charge in [-0.3, -0.25) is 4.55 Å². The summed E-state index contributed by atoms with van der Waals surface area (Å²) in [5.74, 6) is -0.254. The molecule has 2 aromatic rings. The van der Waals surface area contributed by atoms with Crippen LogP contribution in [0.3, 0.4) is 0 Å². The minimum absolute atomic E-state index is 0.114. The molecule has 0 fully saturated rings. The van der Waals surface area contributed by atoms with Crippen LogP contribution in [0.4, 0.5) is 0 Å². The molecular formula is C10H8O5S. The Balaban J connectivity index is 2.58. The molecule has 0 bridgehead atoms. The first-order valence-electron chi connectivity index (χ1n) is 4.34. The molecule has 0 unspecified atom stereocenters. The fraction of sp³-hybridized carbons (Fsp3) is 0. The third-order valence-electron chi connectivity index (χ3n) is 2.02. The van der Waals surface area contributed by atoms with Crippen LogP contribution < -0.4 is 4.18 Å². The van der Waals surface area contributed by atoms with E-state index in [1.165, 1.54) is 6.07 Å². The summed E-state index contributed by atoms with van der Waals surface area (Å²) in [6, 6.07) is 9.37. The Morgan fingerprint density at radius 1 is 1.12 bits per heavy atom. The summed E-state index contributed by atoms with van der Waals surface area (Å²) in [5, 5.41) is 10.8. The second-order valence-corrected chi connectivity index (χ2v) is 4.20. The molecule has 2 aromatic carbocycles. The van der Waals surface area contributed by atoms with Crippen LogP contribution in [0.15, 0.2) is 36.4 Å². The number of aromatic hydroxyl groups is 1. The molecule has 0 aromatic heterocycles. The van der Waals surface area contributed by atoms with E-state index >= 15 is 0 Å². The Kier molecular flexibility index (Phi) is 2.45. The Morgan fingerprint density at radius 2 is 1.81 bits per heavy atom. The molecule has 0 saturated carbocycles. The van der Waals surface area contributed by atoms with Crippen molar-refractivity contribution >= 4 is 21.2 Å². The van der Waals surface area contributed by atoms with Gasteiger partial charge < -0.3 is 9.29 Å². The van der Waals surface area contributed by atoms with E-state index in [1.54, 1.807) is 24.3 Å². The van der Waals surface area contributed by atoms with E-state index < -0.39 is 10.4 Å². The first kappa shape index (κ1) is 10.7. The lowest BCUT2D eigenvalue weighted by Crippen LogP contribution is -2.06. The van der Waals surface area contributed by atoms with Crippen molar-refractivity contribution in [3.05, 3.63) is 36.4 Å². The maximum Gasteiger partial charge on any atom is 0.446 e. The number of phenols is 1. The average molecular weight is 240 g/mol. The Hall–Kier alpha value is -1.79. The van der Waals surface area contributed by atoms with Crippen LogP contribution in [-0.2, 0) is 10.4 Å². The molecule has 2 rings (SSSR count). The zero-order valence-corrected chi connectivity index (χ0v) is 8.81. The molecule has 0 atom stereocenters. The highest BCUT2D eigenvalue weighted by Crippen LogP contribution is 2.30. The van der Waals surface area contributed by atoms with E-state index in [0.717, 1.165) is 6.07 Å². The highest BCUT2D eigenvalue weighted by molar-refractivity contribution is 7.81. The van der Waals surface area contributed by atoms with E-state index in [1.807, 2.05) is 0 Å². The molecule has 0 saturated heterocycles. The van der Waals surface area contributed by atoms with Crippen molar-refractivity contribution in [1.29, 1.82) is 0 Å². The smallest absolute Gasteiger partial charge is 0.446 e. The highest BCUT2D eigenvalue weighted by Gasteiger charge is 2.09. The molecule has 0 amide bonds. The summed E-state index contributed by atoms with van der Waals surface area (Å²) in [4.78, 5) is 0. The number of fused-ring (bicyclic) bond motifs is 1. The van der Waals surface area contributed by atoms with Crippen LogP contribution in [-0.4, -0.2) is 18.1 Å². The van der Waals surface area contributed by atoms with Crippen LogP contribution in [0.1, 0.15) is 0 Å². The molecule has 5 nitrogen and oxygen atoms in total. The SMILES string of the molecule is O=S(=O)(O)Oc1cc(O)c2ccccc2c1. The fourth-order valence-corrected chi connectivity index (χ4v) is 1.77. The predicted octanol–water partition coefficient (Wildman–Crippen LogP) is 1.73. The van der Waals surface area contributed by atoms with Gasteiger partial charge in [-0.1, -0.05) is 24.3 Å². The van der Waals surface area contributed by atoms with E-state index in [0.29, 0.717) is 10.8 Å². The van der Waals surface area contributed by atoms with Crippen molar-refractivity contribution in [2.24, 2.45) is 0 Å². The van der Waals surface area contributed by atoms with E-state index in [-0.39, 0.29) is 11.5 Å². The maximum atomic E-state index is 10.5. The van der Waals surface area contributed by atoms with Gasteiger partial charge in [-0.25, -0.2) is 0 Å². The molecular weight excluding hydrogens is 232 g/mol. The first-order chi connectivity index (χ1) is 7.46. The third kappa shape index (κ3) is 2.23. The lowest BCUT2D eigenvalue weighted by atomic mass is 10.1. The molecule has 16 heavy (non-hydrogen) atoms. The van der Waals surface area contributed by atoms with Crippen molar-refractivity contribution < 1.29 is 22.3 Å². The van der Waals surface area contributed by atoms with Gasteiger partial charge in [0, 0.05) is 11.5 Å². The summed E-state index contributed by atoms with van der Waals surface area (Å²) in [7, 11) is -4.57. The molecule has 6 heteroatoms. The van der Waals surface area contributed by atoms with E-state index in [2.05, 4.69) is 4.18 Å². The normalized spacial score (nSPS) is 11.6. The largest absolute Gasteiger partial charge is 0.507 e. The van der Waals surface area contributed by atoms with Crippen molar-refractivity contribution in [3.63, 3.8) is 0 Å². The Labute approximate surface area is 91.9 Å². The van der Waals surface area contributed by atoms with Gasteiger partial charge >= 0.3 is 10.4 Å². The summed E-state index contributed by atoms with van der Waals surface area (Å²) in [5.41, 5.74) is 0. The van der Waals surface area contributed by atoms with Gasteiger partial charge in [0.15, 0.2) is 0 Å². The zero-order chi connectivity index (χ0) is 11.8. The van der Waals surface area contributed by atoms with Gasteiger partial charge in [0.1, 0.15) is 11.5 Å². The summed E-state index contributed by atoms with van der Waals surface area (Å²) in [6.45, 7) is 0. The second-order valence-electron chi connectivity index (χ2n) is 3.17. The molecule has 0 aliphatic rings. The van der Waals surface area contributed by atoms with Crippen LogP contribution in [0.25, 0.3) is 10.8 Å². The first-order valence-corrected chi connectivity index (χ1v) is 5.71. The van der Waals surface area contributed by atoms with Gasteiger partial charge in [-0.15, -0.1) is 0 Å². The summed E-state index contributed by atoms with van der Waals surface area (Å²) in [6.07, 6.45) is 0. The Morgan fingerprint density at radius 3 is 2.50 bits per heavy atom. The monoisotopic (exact) mass is 240 g/mol. The molecule has 0 spiro atoms. The molecule has 84 valence electrons. The molecule has 0 radical (unpaired) electrons. The predicted molar refractivity (Wildman–Crippen MR) is 57.8 cm³/mol. The van der Waals surface area contributed by atoms with Crippen molar-refractivity contribution in [1.82, 2.24) is 0 Å². The fourth-order valence-electron chi connectivity index (χ4n) is 1.43. The molecule has 0 aliphatic carbocycles. The van der Waals surface area contributed by atoms with Gasteiger partial charge in [-0.2, -0.15) is 8.42 Å². The van der Waals surface area contributed by atoms with Crippen LogP contribution >= 0.6 is 0 Å². The van der Waals surface area contributed by atoms with Gasteiger partial charge in [0.05, 0.1) is 0 Å². The lowest BCUT2D eigenvalue weighted by molar-refractivity contribution is 0.386. The van der Waals surface area contributed by atoms with Crippen LogP contribution in [0, 0.1) is 0 Å². The topological polar surface area (TPSA) is 83.8 Å². The molecule has 0 heterocycles. The van der Waals surface area contributed by atoms with Crippen LogP contribution in [0.5, 0.6) is 11.5 Å².